The van der Waals surface area contributed by atoms with Crippen LogP contribution in [0.1, 0.15) is 65.9 Å². The van der Waals surface area contributed by atoms with Gasteiger partial charge in [0.15, 0.2) is 0 Å². The van der Waals surface area contributed by atoms with Crippen LogP contribution in [0.5, 0.6) is 5.75 Å². The Hall–Kier alpha value is -2.09. The zero-order chi connectivity index (χ0) is 19.6. The lowest BCUT2D eigenvalue weighted by molar-refractivity contribution is 0.171. The number of hydrogen-bond acceptors (Lipinski definition) is 2. The first-order chi connectivity index (χ1) is 13.0. The number of ether oxygens (including phenoxy) is 1. The lowest BCUT2D eigenvalue weighted by atomic mass is 10.0. The predicted molar refractivity (Wildman–Crippen MR) is 118 cm³/mol. The Labute approximate surface area is 165 Å². The van der Waals surface area contributed by atoms with E-state index in [2.05, 4.69) is 77.1 Å². The van der Waals surface area contributed by atoms with Crippen molar-refractivity contribution in [3.05, 3.63) is 54.1 Å². The van der Waals surface area contributed by atoms with Crippen LogP contribution in [0, 0.1) is 5.92 Å². The smallest absolute Gasteiger partial charge is 0.136 e. The van der Waals surface area contributed by atoms with Gasteiger partial charge in [-0.3, -0.25) is 4.99 Å². The maximum absolute atomic E-state index is 6.43. The molecule has 0 aliphatic carbocycles. The van der Waals surface area contributed by atoms with Crippen LogP contribution in [-0.4, -0.2) is 18.4 Å². The first-order valence-corrected chi connectivity index (χ1v) is 10.4. The summed E-state index contributed by atoms with van der Waals surface area (Å²) in [4.78, 5) is 4.81. The molecule has 27 heavy (non-hydrogen) atoms. The monoisotopic (exact) mass is 365 g/mol. The summed E-state index contributed by atoms with van der Waals surface area (Å²) < 4.78 is 6.43. The number of para-hydroxylation sites is 1. The zero-order valence-electron chi connectivity index (χ0n) is 17.6. The van der Waals surface area contributed by atoms with Crippen LogP contribution < -0.4 is 4.74 Å². The molecule has 2 atom stereocenters. The van der Waals surface area contributed by atoms with Gasteiger partial charge in [0.25, 0.3) is 0 Å². The standard InChI is InChI=1S/C25H35NO/c1-6-7-9-13-20(4)26-18-23-16-12-17-24(22-14-10-8-11-15-22)25(23)27-21(5)19(2)3/h8,10-12,14-21H,6-7,9,13H2,1-5H3/b26-18+. The molecule has 2 nitrogen and oxygen atoms in total. The van der Waals surface area contributed by atoms with Crippen LogP contribution in [0.25, 0.3) is 11.1 Å². The second-order valence-corrected chi connectivity index (χ2v) is 7.78. The largest absolute Gasteiger partial charge is 0.489 e. The van der Waals surface area contributed by atoms with Gasteiger partial charge in [0.1, 0.15) is 5.75 Å². The van der Waals surface area contributed by atoms with E-state index < -0.39 is 0 Å². The van der Waals surface area contributed by atoms with Gasteiger partial charge in [-0.25, -0.2) is 0 Å². The Morgan fingerprint density at radius 1 is 0.926 bits per heavy atom. The summed E-state index contributed by atoms with van der Waals surface area (Å²) in [5, 5.41) is 0. The van der Waals surface area contributed by atoms with Crippen LogP contribution in [0.4, 0.5) is 0 Å². The summed E-state index contributed by atoms with van der Waals surface area (Å²) in [6.45, 7) is 11.0. The molecule has 0 heterocycles. The molecule has 0 bridgehead atoms. The predicted octanol–water partition coefficient (Wildman–Crippen LogP) is 7.16. The fourth-order valence-corrected chi connectivity index (χ4v) is 2.93. The van der Waals surface area contributed by atoms with Gasteiger partial charge < -0.3 is 4.74 Å². The van der Waals surface area contributed by atoms with Gasteiger partial charge in [-0.2, -0.15) is 0 Å². The molecule has 0 saturated heterocycles. The third-order valence-corrected chi connectivity index (χ3v) is 5.07. The quantitative estimate of drug-likeness (QED) is 0.323. The minimum absolute atomic E-state index is 0.143. The molecule has 0 N–H and O–H groups in total. The fourth-order valence-electron chi connectivity index (χ4n) is 2.93. The van der Waals surface area contributed by atoms with E-state index >= 15 is 0 Å². The van der Waals surface area contributed by atoms with Crippen molar-refractivity contribution in [3.63, 3.8) is 0 Å². The molecule has 0 spiro atoms. The summed E-state index contributed by atoms with van der Waals surface area (Å²) in [6, 6.07) is 17.1. The van der Waals surface area contributed by atoms with Gasteiger partial charge in [-0.15, -0.1) is 0 Å². The third-order valence-electron chi connectivity index (χ3n) is 5.07. The maximum atomic E-state index is 6.43. The molecule has 2 unspecified atom stereocenters. The van der Waals surface area contributed by atoms with Crippen molar-refractivity contribution in [1.82, 2.24) is 0 Å². The van der Waals surface area contributed by atoms with Crippen molar-refractivity contribution in [2.75, 3.05) is 0 Å². The maximum Gasteiger partial charge on any atom is 0.136 e. The first kappa shape index (κ1) is 21.2. The average Bonchev–Trinajstić information content (AvgIpc) is 2.67. The number of rotatable bonds is 10. The molecule has 2 rings (SSSR count). The van der Waals surface area contributed by atoms with E-state index in [4.69, 9.17) is 9.73 Å². The molecular weight excluding hydrogens is 330 g/mol. The van der Waals surface area contributed by atoms with Crippen molar-refractivity contribution < 1.29 is 4.74 Å². The van der Waals surface area contributed by atoms with Crippen molar-refractivity contribution in [1.29, 1.82) is 0 Å². The molecule has 2 aromatic carbocycles. The second-order valence-electron chi connectivity index (χ2n) is 7.78. The molecule has 0 fully saturated rings. The summed E-state index contributed by atoms with van der Waals surface area (Å²) in [5.74, 6) is 1.39. The van der Waals surface area contributed by atoms with Crippen molar-refractivity contribution >= 4 is 6.21 Å². The van der Waals surface area contributed by atoms with Crippen LogP contribution in [-0.2, 0) is 0 Å². The van der Waals surface area contributed by atoms with Crippen LogP contribution >= 0.6 is 0 Å². The Bertz CT molecular complexity index is 706. The van der Waals surface area contributed by atoms with Gasteiger partial charge in [-0.1, -0.05) is 82.5 Å². The van der Waals surface area contributed by atoms with E-state index in [1.165, 1.54) is 24.8 Å². The zero-order valence-corrected chi connectivity index (χ0v) is 17.6. The van der Waals surface area contributed by atoms with E-state index in [1.807, 2.05) is 12.3 Å². The molecule has 0 radical (unpaired) electrons. The van der Waals surface area contributed by atoms with E-state index in [-0.39, 0.29) is 6.10 Å². The van der Waals surface area contributed by atoms with Crippen LogP contribution in [0.3, 0.4) is 0 Å². The van der Waals surface area contributed by atoms with Gasteiger partial charge in [-0.05, 0) is 37.8 Å². The minimum atomic E-state index is 0.143. The Balaban J connectivity index is 2.32. The van der Waals surface area contributed by atoms with Crippen LogP contribution in [0.2, 0.25) is 0 Å². The van der Waals surface area contributed by atoms with E-state index in [0.29, 0.717) is 12.0 Å². The highest BCUT2D eigenvalue weighted by Gasteiger charge is 2.16. The summed E-state index contributed by atoms with van der Waals surface area (Å²) >= 11 is 0. The summed E-state index contributed by atoms with van der Waals surface area (Å²) in [7, 11) is 0. The topological polar surface area (TPSA) is 21.6 Å². The van der Waals surface area contributed by atoms with Crippen molar-refractivity contribution in [3.8, 4) is 16.9 Å². The van der Waals surface area contributed by atoms with Gasteiger partial charge in [0.05, 0.1) is 6.10 Å². The van der Waals surface area contributed by atoms with E-state index in [1.54, 1.807) is 0 Å². The van der Waals surface area contributed by atoms with Gasteiger partial charge in [0, 0.05) is 23.4 Å². The molecule has 2 heteroatoms. The molecule has 0 aliphatic heterocycles. The number of aliphatic imine (C=N–C) groups is 1. The Kier molecular flexibility index (Phi) is 8.57. The Morgan fingerprint density at radius 2 is 1.67 bits per heavy atom. The first-order valence-electron chi connectivity index (χ1n) is 10.4. The number of benzene rings is 2. The van der Waals surface area contributed by atoms with Crippen molar-refractivity contribution in [2.24, 2.45) is 10.9 Å². The molecular formula is C25H35NO. The molecule has 2 aromatic rings. The number of hydrogen-bond donors (Lipinski definition) is 0. The Morgan fingerprint density at radius 3 is 2.33 bits per heavy atom. The highest BCUT2D eigenvalue weighted by molar-refractivity contribution is 5.89. The summed E-state index contributed by atoms with van der Waals surface area (Å²) in [5.41, 5.74) is 3.37. The molecule has 0 aliphatic rings. The normalized spacial score (nSPS) is 13.9. The number of unbranched alkanes of at least 4 members (excludes halogenated alkanes) is 2. The molecule has 0 saturated carbocycles. The molecule has 0 amide bonds. The third kappa shape index (κ3) is 6.53. The molecule has 146 valence electrons. The van der Waals surface area contributed by atoms with E-state index in [9.17, 15) is 0 Å². The second kappa shape index (κ2) is 10.9. The fraction of sp³-hybridized carbons (Fsp3) is 0.480. The van der Waals surface area contributed by atoms with Crippen LogP contribution in [0.15, 0.2) is 53.5 Å². The number of nitrogens with zero attached hydrogens (tertiary/aromatic N) is 1. The average molecular weight is 366 g/mol. The highest BCUT2D eigenvalue weighted by atomic mass is 16.5. The minimum Gasteiger partial charge on any atom is -0.489 e. The van der Waals surface area contributed by atoms with Gasteiger partial charge >= 0.3 is 0 Å². The SMILES string of the molecule is CCCCCC(C)/N=C/c1cccc(-c2ccccc2)c1OC(C)C(C)C. The summed E-state index contributed by atoms with van der Waals surface area (Å²) in [6.07, 6.45) is 7.06. The highest BCUT2D eigenvalue weighted by Crippen LogP contribution is 2.34. The van der Waals surface area contributed by atoms with E-state index in [0.717, 1.165) is 23.3 Å². The lowest BCUT2D eigenvalue weighted by Crippen LogP contribution is -2.20. The molecule has 0 aromatic heterocycles. The van der Waals surface area contributed by atoms with Gasteiger partial charge in [0.2, 0.25) is 0 Å². The lowest BCUT2D eigenvalue weighted by Gasteiger charge is -2.22. The van der Waals surface area contributed by atoms with Crippen molar-refractivity contribution in [2.45, 2.75) is 72.4 Å².